The molecular weight excluding hydrogens is 281 g/mol. The van der Waals surface area contributed by atoms with Crippen LogP contribution in [0.1, 0.15) is 38.4 Å². The van der Waals surface area contributed by atoms with Gasteiger partial charge in [0.1, 0.15) is 0 Å². The molecule has 0 bridgehead atoms. The second-order valence-electron chi connectivity index (χ2n) is 4.85. The van der Waals surface area contributed by atoms with E-state index in [1.807, 2.05) is 13.8 Å². The van der Waals surface area contributed by atoms with Gasteiger partial charge < -0.3 is 9.30 Å². The molecule has 0 aliphatic heterocycles. The summed E-state index contributed by atoms with van der Waals surface area (Å²) < 4.78 is 43.2. The van der Waals surface area contributed by atoms with Gasteiger partial charge in [-0.1, -0.05) is 27.3 Å². The lowest BCUT2D eigenvalue weighted by atomic mass is 10.0. The van der Waals surface area contributed by atoms with Crippen molar-refractivity contribution in [3.05, 3.63) is 42.0 Å². The highest BCUT2D eigenvalue weighted by Crippen LogP contribution is 2.32. The molecule has 0 unspecified atom stereocenters. The Hall–Kier alpha value is -1.98. The topological polar surface area (TPSA) is 27.1 Å². The maximum absolute atomic E-state index is 12.5. The summed E-state index contributed by atoms with van der Waals surface area (Å²) in [6.07, 6.45) is -1.61. The van der Waals surface area contributed by atoms with Crippen LogP contribution in [0, 0.1) is 6.92 Å². The van der Waals surface area contributed by atoms with Crippen LogP contribution in [0.2, 0.25) is 0 Å². The molecule has 2 aromatic rings. The lowest BCUT2D eigenvalue weighted by Gasteiger charge is -2.16. The smallest absolute Gasteiger partial charge is 0.404 e. The number of ether oxygens (including phenoxy) is 1. The predicted octanol–water partition coefficient (Wildman–Crippen LogP) is 4.84. The molecule has 3 nitrogen and oxygen atoms in total. The summed E-state index contributed by atoms with van der Waals surface area (Å²) in [7, 11) is 0. The molecule has 2 rings (SSSR count). The fraction of sp³-hybridized carbons (Fsp3) is 0.400. The molecule has 0 N–H and O–H groups in total. The molecule has 0 radical (unpaired) electrons. The van der Waals surface area contributed by atoms with Crippen LogP contribution < -0.4 is 4.74 Å². The van der Waals surface area contributed by atoms with Crippen molar-refractivity contribution in [1.29, 1.82) is 0 Å². The van der Waals surface area contributed by atoms with Crippen LogP contribution >= 0.6 is 0 Å². The average molecular weight is 300 g/mol. The largest absolute Gasteiger partial charge is 0.573 e. The maximum atomic E-state index is 12.5. The van der Waals surface area contributed by atoms with Crippen molar-refractivity contribution in [1.82, 2.24) is 9.55 Å². The van der Waals surface area contributed by atoms with Gasteiger partial charge in [-0.25, -0.2) is 4.98 Å². The highest BCUT2D eigenvalue weighted by Gasteiger charge is 2.32. The van der Waals surface area contributed by atoms with E-state index in [1.54, 1.807) is 25.3 Å². The Morgan fingerprint density at radius 1 is 1.24 bits per heavy atom. The summed E-state index contributed by atoms with van der Waals surface area (Å²) in [5.74, 6) is -0.106. The number of aryl methyl sites for hydroxylation is 1. The molecule has 0 aliphatic carbocycles. The lowest BCUT2D eigenvalue weighted by molar-refractivity contribution is -0.274. The molecule has 1 aromatic carbocycles. The monoisotopic (exact) mass is 300 g/mol. The van der Waals surface area contributed by atoms with Crippen LogP contribution in [0.25, 0.3) is 5.69 Å². The Balaban J connectivity index is 0.00000220. The number of imidazole rings is 1. The zero-order valence-corrected chi connectivity index (χ0v) is 11.4. The first-order valence-corrected chi connectivity index (χ1v) is 6.17. The number of nitrogens with zero attached hydrogens (tertiary/aromatic N) is 2. The van der Waals surface area contributed by atoms with Crippen molar-refractivity contribution in [3.8, 4) is 11.4 Å². The summed E-state index contributed by atoms with van der Waals surface area (Å²) in [6.45, 7) is 5.59. The highest BCUT2D eigenvalue weighted by molar-refractivity contribution is 5.49. The van der Waals surface area contributed by atoms with Gasteiger partial charge in [-0.05, 0) is 30.5 Å². The van der Waals surface area contributed by atoms with Gasteiger partial charge in [-0.15, -0.1) is 13.2 Å². The molecule has 0 saturated heterocycles. The first-order valence-electron chi connectivity index (χ1n) is 6.17. The van der Waals surface area contributed by atoms with Crippen LogP contribution in [0.4, 0.5) is 13.2 Å². The minimum absolute atomic E-state index is 0. The van der Waals surface area contributed by atoms with Gasteiger partial charge in [0, 0.05) is 6.20 Å². The highest BCUT2D eigenvalue weighted by atomic mass is 19.4. The molecule has 6 heteroatoms. The van der Waals surface area contributed by atoms with Gasteiger partial charge in [0.25, 0.3) is 0 Å². The molecule has 1 aromatic heterocycles. The van der Waals surface area contributed by atoms with Crippen molar-refractivity contribution >= 4 is 0 Å². The van der Waals surface area contributed by atoms with Gasteiger partial charge in [0.15, 0.2) is 5.75 Å². The van der Waals surface area contributed by atoms with E-state index in [-0.39, 0.29) is 19.1 Å². The van der Waals surface area contributed by atoms with E-state index in [2.05, 4.69) is 9.72 Å². The second-order valence-corrected chi connectivity index (χ2v) is 4.85. The predicted molar refractivity (Wildman–Crippen MR) is 75.8 cm³/mol. The van der Waals surface area contributed by atoms with Gasteiger partial charge in [-0.3, -0.25) is 0 Å². The third-order valence-electron chi connectivity index (χ3n) is 2.87. The standard InChI is InChI=1S/C14H15F3N2O.CH4/c1-9(2)11-4-5-12(19-7-10(3)18-8-19)13(6-11)20-14(15,16)17;/h4-9H,1-3H3;1H4. The van der Waals surface area contributed by atoms with Gasteiger partial charge in [0.05, 0.1) is 17.7 Å². The molecule has 0 atom stereocenters. The number of halogens is 3. The molecular formula is C15H19F3N2O. The van der Waals surface area contributed by atoms with E-state index in [9.17, 15) is 13.2 Å². The van der Waals surface area contributed by atoms with Gasteiger partial charge in [-0.2, -0.15) is 0 Å². The molecule has 1 heterocycles. The third kappa shape index (κ3) is 4.24. The van der Waals surface area contributed by atoms with Crippen molar-refractivity contribution in [3.63, 3.8) is 0 Å². The quantitative estimate of drug-likeness (QED) is 0.811. The van der Waals surface area contributed by atoms with Crippen LogP contribution in [0.5, 0.6) is 5.75 Å². The normalized spacial score (nSPS) is 11.4. The zero-order chi connectivity index (χ0) is 14.9. The van der Waals surface area contributed by atoms with Crippen molar-refractivity contribution in [2.45, 2.75) is 40.5 Å². The third-order valence-corrected chi connectivity index (χ3v) is 2.87. The first-order chi connectivity index (χ1) is 9.26. The summed E-state index contributed by atoms with van der Waals surface area (Å²) in [4.78, 5) is 4.01. The van der Waals surface area contributed by atoms with Crippen LogP contribution in [0.3, 0.4) is 0 Å². The molecule has 116 valence electrons. The summed E-state index contributed by atoms with van der Waals surface area (Å²) >= 11 is 0. The summed E-state index contributed by atoms with van der Waals surface area (Å²) in [5.41, 5.74) is 1.81. The number of rotatable bonds is 3. The minimum atomic E-state index is -4.72. The van der Waals surface area contributed by atoms with Crippen LogP contribution in [-0.4, -0.2) is 15.9 Å². The maximum Gasteiger partial charge on any atom is 0.573 e. The summed E-state index contributed by atoms with van der Waals surface area (Å²) in [6, 6.07) is 4.82. The summed E-state index contributed by atoms with van der Waals surface area (Å²) in [5, 5.41) is 0. The van der Waals surface area contributed by atoms with E-state index in [1.165, 1.54) is 17.0 Å². The Morgan fingerprint density at radius 2 is 1.90 bits per heavy atom. The van der Waals surface area contributed by atoms with E-state index in [0.29, 0.717) is 5.69 Å². The van der Waals surface area contributed by atoms with E-state index in [0.717, 1.165) is 11.3 Å². The second kappa shape index (κ2) is 6.20. The Bertz CT molecular complexity index is 603. The molecule has 0 aliphatic rings. The number of hydrogen-bond acceptors (Lipinski definition) is 2. The Kier molecular flexibility index (Phi) is 5.04. The Morgan fingerprint density at radius 3 is 2.38 bits per heavy atom. The van der Waals surface area contributed by atoms with E-state index < -0.39 is 6.36 Å². The van der Waals surface area contributed by atoms with E-state index in [4.69, 9.17) is 0 Å². The number of aromatic nitrogens is 2. The number of benzene rings is 1. The minimum Gasteiger partial charge on any atom is -0.404 e. The molecule has 0 fully saturated rings. The average Bonchev–Trinajstić information content (AvgIpc) is 2.73. The fourth-order valence-corrected chi connectivity index (χ4v) is 1.86. The van der Waals surface area contributed by atoms with Crippen LogP contribution in [0.15, 0.2) is 30.7 Å². The van der Waals surface area contributed by atoms with Gasteiger partial charge >= 0.3 is 6.36 Å². The number of alkyl halides is 3. The molecule has 0 spiro atoms. The zero-order valence-electron chi connectivity index (χ0n) is 11.4. The van der Waals surface area contributed by atoms with Crippen molar-refractivity contribution in [2.24, 2.45) is 0 Å². The fourth-order valence-electron chi connectivity index (χ4n) is 1.86. The molecule has 0 amide bonds. The molecule has 21 heavy (non-hydrogen) atoms. The van der Waals surface area contributed by atoms with E-state index >= 15 is 0 Å². The van der Waals surface area contributed by atoms with Crippen molar-refractivity contribution < 1.29 is 17.9 Å². The lowest BCUT2D eigenvalue weighted by Crippen LogP contribution is -2.18. The first kappa shape index (κ1) is 17.1. The SMILES string of the molecule is C.Cc1cn(-c2ccc(C(C)C)cc2OC(F)(F)F)cn1. The Labute approximate surface area is 122 Å². The number of hydrogen-bond donors (Lipinski definition) is 0. The van der Waals surface area contributed by atoms with Crippen molar-refractivity contribution in [2.75, 3.05) is 0 Å². The molecule has 0 saturated carbocycles. The van der Waals surface area contributed by atoms with Gasteiger partial charge in [0.2, 0.25) is 0 Å². The van der Waals surface area contributed by atoms with Crippen LogP contribution in [-0.2, 0) is 0 Å².